The van der Waals surface area contributed by atoms with Gasteiger partial charge in [-0.1, -0.05) is 24.3 Å². The van der Waals surface area contributed by atoms with Gasteiger partial charge in [-0.25, -0.2) is 0 Å². The van der Waals surface area contributed by atoms with E-state index >= 15 is 0 Å². The van der Waals surface area contributed by atoms with E-state index in [1.807, 2.05) is 36.3 Å². The van der Waals surface area contributed by atoms with Crippen molar-refractivity contribution in [2.45, 2.75) is 13.0 Å². The summed E-state index contributed by atoms with van der Waals surface area (Å²) in [7, 11) is 1.94. The number of pyridine rings is 1. The number of rotatable bonds is 5. The normalized spacial score (nSPS) is 11.1. The van der Waals surface area contributed by atoms with E-state index in [4.69, 9.17) is 0 Å². The van der Waals surface area contributed by atoms with Gasteiger partial charge in [0.25, 0.3) is 0 Å². The molecular weight excluding hydrogens is 248 g/mol. The molecule has 4 heteroatoms. The number of aromatic nitrogens is 3. The number of benzene rings is 1. The number of hydrogen-bond donors (Lipinski definition) is 1. The first-order valence-electron chi connectivity index (χ1n) is 6.85. The molecule has 0 saturated carbocycles. The van der Waals surface area contributed by atoms with Crippen molar-refractivity contribution in [3.8, 4) is 0 Å². The molecule has 0 fully saturated rings. The van der Waals surface area contributed by atoms with Crippen LogP contribution in [0.3, 0.4) is 0 Å². The van der Waals surface area contributed by atoms with Gasteiger partial charge in [0, 0.05) is 31.4 Å². The Bertz CT molecular complexity index is 697. The smallest absolute Gasteiger partial charge is 0.0762 e. The van der Waals surface area contributed by atoms with E-state index in [0.29, 0.717) is 0 Å². The first kappa shape index (κ1) is 12.8. The molecule has 2 heterocycles. The predicted octanol–water partition coefficient (Wildman–Crippen LogP) is 2.30. The lowest BCUT2D eigenvalue weighted by Crippen LogP contribution is -2.17. The minimum absolute atomic E-state index is 0.805. The lowest BCUT2D eigenvalue weighted by molar-refractivity contribution is 0.655. The molecule has 0 aliphatic carbocycles. The summed E-state index contributed by atoms with van der Waals surface area (Å²) in [5.41, 5.74) is 3.47. The summed E-state index contributed by atoms with van der Waals surface area (Å²) in [6.45, 7) is 1.73. The van der Waals surface area contributed by atoms with E-state index < -0.39 is 0 Å². The first-order valence-corrected chi connectivity index (χ1v) is 6.85. The van der Waals surface area contributed by atoms with E-state index in [2.05, 4.69) is 39.7 Å². The Hall–Kier alpha value is -2.20. The quantitative estimate of drug-likeness (QED) is 0.721. The summed E-state index contributed by atoms with van der Waals surface area (Å²) < 4.78 is 1.83. The van der Waals surface area contributed by atoms with Gasteiger partial charge in [-0.3, -0.25) is 9.67 Å². The van der Waals surface area contributed by atoms with E-state index in [-0.39, 0.29) is 0 Å². The highest BCUT2D eigenvalue weighted by Crippen LogP contribution is 2.15. The van der Waals surface area contributed by atoms with E-state index in [0.717, 1.165) is 30.7 Å². The molecule has 4 nitrogen and oxygen atoms in total. The monoisotopic (exact) mass is 266 g/mol. The van der Waals surface area contributed by atoms with Gasteiger partial charge in [0.05, 0.1) is 11.2 Å². The summed E-state index contributed by atoms with van der Waals surface area (Å²) >= 11 is 0. The van der Waals surface area contributed by atoms with Crippen molar-refractivity contribution in [1.29, 1.82) is 0 Å². The maximum Gasteiger partial charge on any atom is 0.0762 e. The fourth-order valence-electron chi connectivity index (χ4n) is 2.37. The lowest BCUT2D eigenvalue weighted by atomic mass is 10.1. The molecule has 0 saturated heterocycles. The highest BCUT2D eigenvalue weighted by atomic mass is 15.3. The molecular formula is C16H18N4. The molecule has 20 heavy (non-hydrogen) atoms. The average molecular weight is 266 g/mol. The van der Waals surface area contributed by atoms with Crippen LogP contribution in [0.25, 0.3) is 10.9 Å². The van der Waals surface area contributed by atoms with Crippen molar-refractivity contribution in [3.05, 3.63) is 60.0 Å². The molecule has 2 aromatic heterocycles. The molecule has 3 rings (SSSR count). The summed E-state index contributed by atoms with van der Waals surface area (Å²) in [5, 5.41) is 8.98. The second-order valence-corrected chi connectivity index (χ2v) is 4.90. The van der Waals surface area contributed by atoms with E-state index in [1.165, 1.54) is 10.9 Å². The third-order valence-corrected chi connectivity index (χ3v) is 3.36. The second-order valence-electron chi connectivity index (χ2n) is 4.90. The van der Waals surface area contributed by atoms with Crippen LogP contribution in [0.2, 0.25) is 0 Å². The van der Waals surface area contributed by atoms with Crippen LogP contribution in [-0.4, -0.2) is 21.3 Å². The molecule has 0 atom stereocenters. The van der Waals surface area contributed by atoms with Gasteiger partial charge in [0.15, 0.2) is 0 Å². The zero-order valence-electron chi connectivity index (χ0n) is 11.6. The largest absolute Gasteiger partial charge is 0.311 e. The number of nitrogens with one attached hydrogen (secondary N) is 1. The Labute approximate surface area is 118 Å². The maximum atomic E-state index is 4.48. The first-order chi connectivity index (χ1) is 9.83. The minimum Gasteiger partial charge on any atom is -0.311 e. The van der Waals surface area contributed by atoms with Gasteiger partial charge in [-0.05, 0) is 30.7 Å². The van der Waals surface area contributed by atoms with Crippen LogP contribution in [-0.2, 0) is 20.0 Å². The molecule has 0 spiro atoms. The van der Waals surface area contributed by atoms with Crippen LogP contribution >= 0.6 is 0 Å². The van der Waals surface area contributed by atoms with Crippen molar-refractivity contribution in [3.63, 3.8) is 0 Å². The topological polar surface area (TPSA) is 42.7 Å². The summed E-state index contributed by atoms with van der Waals surface area (Å²) in [6, 6.07) is 12.5. The van der Waals surface area contributed by atoms with Gasteiger partial charge >= 0.3 is 0 Å². The van der Waals surface area contributed by atoms with Crippen LogP contribution in [0.4, 0.5) is 0 Å². The van der Waals surface area contributed by atoms with E-state index in [1.54, 1.807) is 0 Å². The zero-order valence-corrected chi connectivity index (χ0v) is 11.6. The SMILES string of the molecule is Cn1ccc(CNCCc2cccc3cccnc23)n1. The molecule has 0 amide bonds. The number of hydrogen-bond acceptors (Lipinski definition) is 3. The highest BCUT2D eigenvalue weighted by molar-refractivity contribution is 5.81. The zero-order chi connectivity index (χ0) is 13.8. The Morgan fingerprint density at radius 2 is 2.05 bits per heavy atom. The standard InChI is InChI=1S/C16H18N4/c1-20-11-8-15(19-20)12-17-10-7-14-5-2-4-13-6-3-9-18-16(13)14/h2-6,8-9,11,17H,7,10,12H2,1H3. The molecule has 0 bridgehead atoms. The molecule has 1 N–H and O–H groups in total. The third-order valence-electron chi connectivity index (χ3n) is 3.36. The number of aryl methyl sites for hydroxylation is 1. The Balaban J connectivity index is 1.60. The maximum absolute atomic E-state index is 4.48. The van der Waals surface area contributed by atoms with Gasteiger partial charge < -0.3 is 5.32 Å². The van der Waals surface area contributed by atoms with Crippen LogP contribution in [0.15, 0.2) is 48.8 Å². The van der Waals surface area contributed by atoms with Gasteiger partial charge in [0.1, 0.15) is 0 Å². The fourth-order valence-corrected chi connectivity index (χ4v) is 2.37. The van der Waals surface area contributed by atoms with Crippen molar-refractivity contribution < 1.29 is 0 Å². The van der Waals surface area contributed by atoms with Crippen LogP contribution in [0.1, 0.15) is 11.3 Å². The van der Waals surface area contributed by atoms with Crippen LogP contribution < -0.4 is 5.32 Å². The molecule has 1 aromatic carbocycles. The number of nitrogens with zero attached hydrogens (tertiary/aromatic N) is 3. The Morgan fingerprint density at radius 1 is 1.15 bits per heavy atom. The van der Waals surface area contributed by atoms with Crippen molar-refractivity contribution in [1.82, 2.24) is 20.1 Å². The Kier molecular flexibility index (Phi) is 3.74. The van der Waals surface area contributed by atoms with Crippen molar-refractivity contribution in [2.75, 3.05) is 6.54 Å². The second kappa shape index (κ2) is 5.84. The number of fused-ring (bicyclic) bond motifs is 1. The average Bonchev–Trinajstić information content (AvgIpc) is 2.89. The molecule has 0 unspecified atom stereocenters. The minimum atomic E-state index is 0.805. The fraction of sp³-hybridized carbons (Fsp3) is 0.250. The van der Waals surface area contributed by atoms with Crippen LogP contribution in [0, 0.1) is 0 Å². The molecule has 0 aliphatic heterocycles. The van der Waals surface area contributed by atoms with Gasteiger partial charge in [-0.15, -0.1) is 0 Å². The lowest BCUT2D eigenvalue weighted by Gasteiger charge is -2.06. The summed E-state index contributed by atoms with van der Waals surface area (Å²) in [5.74, 6) is 0. The molecule has 0 aliphatic rings. The van der Waals surface area contributed by atoms with Crippen molar-refractivity contribution >= 4 is 10.9 Å². The molecule has 0 radical (unpaired) electrons. The Morgan fingerprint density at radius 3 is 2.90 bits per heavy atom. The van der Waals surface area contributed by atoms with Gasteiger partial charge in [0.2, 0.25) is 0 Å². The predicted molar refractivity (Wildman–Crippen MR) is 80.4 cm³/mol. The summed E-state index contributed by atoms with van der Waals surface area (Å²) in [4.78, 5) is 4.48. The summed E-state index contributed by atoms with van der Waals surface area (Å²) in [6.07, 6.45) is 4.79. The van der Waals surface area contributed by atoms with Crippen LogP contribution in [0.5, 0.6) is 0 Å². The van der Waals surface area contributed by atoms with Crippen molar-refractivity contribution in [2.24, 2.45) is 7.05 Å². The van der Waals surface area contributed by atoms with E-state index in [9.17, 15) is 0 Å². The highest BCUT2D eigenvalue weighted by Gasteiger charge is 2.02. The third kappa shape index (κ3) is 2.86. The number of para-hydroxylation sites is 1. The molecule has 102 valence electrons. The van der Waals surface area contributed by atoms with Gasteiger partial charge in [-0.2, -0.15) is 5.10 Å². The molecule has 3 aromatic rings.